The van der Waals surface area contributed by atoms with Gasteiger partial charge in [0, 0.05) is 28.9 Å². The smallest absolute Gasteiger partial charge is 0.229 e. The third-order valence-corrected chi connectivity index (χ3v) is 7.52. The van der Waals surface area contributed by atoms with Gasteiger partial charge in [0.05, 0.1) is 16.8 Å². The zero-order valence-corrected chi connectivity index (χ0v) is 24.6. The molecule has 204 valence electrons. The van der Waals surface area contributed by atoms with Crippen LogP contribution in [0.25, 0.3) is 44.6 Å². The molecule has 6 aromatic rings. The van der Waals surface area contributed by atoms with Crippen molar-refractivity contribution in [3.05, 3.63) is 114 Å². The summed E-state index contributed by atoms with van der Waals surface area (Å²) in [5.74, 6) is 0.548. The first-order valence-corrected chi connectivity index (χ1v) is 14.1. The van der Waals surface area contributed by atoms with Gasteiger partial charge in [0.15, 0.2) is 5.58 Å². The Kier molecular flexibility index (Phi) is 6.57. The zero-order chi connectivity index (χ0) is 28.8. The Bertz CT molecular complexity index is 1880. The Morgan fingerprint density at radius 3 is 2.02 bits per heavy atom. The Balaban J connectivity index is 1.43. The highest BCUT2D eigenvalue weighted by atomic mass is 16.3. The molecule has 0 radical (unpaired) electrons. The fourth-order valence-electron chi connectivity index (χ4n) is 5.11. The van der Waals surface area contributed by atoms with Crippen molar-refractivity contribution in [2.75, 3.05) is 0 Å². The maximum atomic E-state index is 6.34. The monoisotopic (exact) mass is 537 g/mol. The highest BCUT2D eigenvalue weighted by molar-refractivity contribution is 6.01. The van der Waals surface area contributed by atoms with Crippen molar-refractivity contribution < 1.29 is 4.42 Å². The Hall–Kier alpha value is -4.57. The lowest BCUT2D eigenvalue weighted by Crippen LogP contribution is -2.17. The molecule has 0 bridgehead atoms. The van der Waals surface area contributed by atoms with Gasteiger partial charge >= 0.3 is 0 Å². The maximum absolute atomic E-state index is 6.34. The lowest BCUT2D eigenvalue weighted by Gasteiger charge is -2.25. The quantitative estimate of drug-likeness (QED) is 0.210. The second kappa shape index (κ2) is 10.1. The number of aliphatic imine (C=N–C) groups is 1. The minimum absolute atomic E-state index is 0.0389. The Morgan fingerprint density at radius 1 is 0.659 bits per heavy atom. The highest BCUT2D eigenvalue weighted by Crippen LogP contribution is 2.37. The van der Waals surface area contributed by atoms with Gasteiger partial charge in [0.2, 0.25) is 5.89 Å². The van der Waals surface area contributed by atoms with Crippen LogP contribution < -0.4 is 0 Å². The molecule has 0 aliphatic rings. The summed E-state index contributed by atoms with van der Waals surface area (Å²) in [5.41, 5.74) is 9.95. The molecule has 41 heavy (non-hydrogen) atoms. The van der Waals surface area contributed by atoms with E-state index in [1.165, 1.54) is 11.1 Å². The van der Waals surface area contributed by atoms with Gasteiger partial charge in [0.1, 0.15) is 5.52 Å². The number of pyridine rings is 1. The number of benzene rings is 4. The molecule has 0 amide bonds. The first kappa shape index (κ1) is 26.6. The van der Waals surface area contributed by atoms with E-state index in [0.29, 0.717) is 5.89 Å². The van der Waals surface area contributed by atoms with E-state index in [9.17, 15) is 0 Å². The van der Waals surface area contributed by atoms with Crippen LogP contribution in [0.3, 0.4) is 0 Å². The number of oxazole rings is 1. The molecule has 0 fully saturated rings. The van der Waals surface area contributed by atoms with Gasteiger partial charge in [-0.05, 0) is 63.9 Å². The van der Waals surface area contributed by atoms with E-state index in [1.807, 2.05) is 54.9 Å². The molecule has 0 N–H and O–H groups in total. The molecule has 4 heteroatoms. The van der Waals surface area contributed by atoms with Crippen molar-refractivity contribution in [2.24, 2.45) is 4.99 Å². The SMILES string of the molecule is CC(C)(C)c1cc(C=Nc2ccccc2-c2nc3c(-c4cccc5cccnc45)cccc3o2)cc(C(C)(C)C)c1. The molecule has 4 nitrogen and oxygen atoms in total. The van der Waals surface area contributed by atoms with Crippen LogP contribution in [-0.4, -0.2) is 16.2 Å². The molecule has 0 saturated carbocycles. The average molecular weight is 538 g/mol. The second-order valence-corrected chi connectivity index (χ2v) is 12.7. The lowest BCUT2D eigenvalue weighted by atomic mass is 9.79. The molecule has 2 aromatic heterocycles. The number of hydrogen-bond donors (Lipinski definition) is 0. The minimum atomic E-state index is 0.0389. The average Bonchev–Trinajstić information content (AvgIpc) is 3.39. The van der Waals surface area contributed by atoms with Crippen LogP contribution in [0.15, 0.2) is 107 Å². The summed E-state index contributed by atoms with van der Waals surface area (Å²) in [7, 11) is 0. The van der Waals surface area contributed by atoms with E-state index < -0.39 is 0 Å². The van der Waals surface area contributed by atoms with E-state index in [1.54, 1.807) is 0 Å². The van der Waals surface area contributed by atoms with Crippen LogP contribution in [0.1, 0.15) is 58.2 Å². The summed E-state index contributed by atoms with van der Waals surface area (Å²) in [5, 5.41) is 1.09. The van der Waals surface area contributed by atoms with Gasteiger partial charge in [-0.1, -0.05) is 96.1 Å². The van der Waals surface area contributed by atoms with Gasteiger partial charge in [-0.3, -0.25) is 9.98 Å². The lowest BCUT2D eigenvalue weighted by molar-refractivity contribution is 0.568. The predicted octanol–water partition coefficient (Wildman–Crippen LogP) is 10.1. The standard InChI is InChI=1S/C37H35N3O/c1-36(2,3)26-20-24(21-27(22-26)37(4,5)6)23-39-31-17-8-7-14-30(31)35-40-34-29(16-10-18-32(34)41-35)28-15-9-12-25-13-11-19-38-33(25)28/h7-23H,1-6H3. The van der Waals surface area contributed by atoms with E-state index in [0.717, 1.165) is 49.9 Å². The molecule has 0 atom stereocenters. The first-order valence-electron chi connectivity index (χ1n) is 14.1. The summed E-state index contributed by atoms with van der Waals surface area (Å²) in [6, 6.07) is 31.1. The molecular formula is C37H35N3O. The molecule has 4 aromatic carbocycles. The first-order chi connectivity index (χ1) is 19.6. The molecule has 0 aliphatic heterocycles. The summed E-state index contributed by atoms with van der Waals surface area (Å²) in [6.45, 7) is 13.5. The number of fused-ring (bicyclic) bond motifs is 2. The Morgan fingerprint density at radius 2 is 1.29 bits per heavy atom. The molecule has 0 aliphatic carbocycles. The molecule has 2 heterocycles. The van der Waals surface area contributed by atoms with Crippen molar-refractivity contribution in [2.45, 2.75) is 52.4 Å². The van der Waals surface area contributed by atoms with Gasteiger partial charge in [-0.25, -0.2) is 4.98 Å². The van der Waals surface area contributed by atoms with E-state index in [4.69, 9.17) is 14.4 Å². The van der Waals surface area contributed by atoms with Gasteiger partial charge in [-0.2, -0.15) is 0 Å². The number of hydrogen-bond acceptors (Lipinski definition) is 4. The fourth-order valence-corrected chi connectivity index (χ4v) is 5.11. The van der Waals surface area contributed by atoms with Crippen molar-refractivity contribution in [1.29, 1.82) is 0 Å². The topological polar surface area (TPSA) is 51.3 Å². The second-order valence-electron chi connectivity index (χ2n) is 12.7. The van der Waals surface area contributed by atoms with Gasteiger partial charge < -0.3 is 4.42 Å². The van der Waals surface area contributed by atoms with Crippen LogP contribution in [-0.2, 0) is 10.8 Å². The summed E-state index contributed by atoms with van der Waals surface area (Å²) in [6.07, 6.45) is 3.79. The Labute approximate surface area is 241 Å². The largest absolute Gasteiger partial charge is 0.436 e. The summed E-state index contributed by atoms with van der Waals surface area (Å²) in [4.78, 5) is 14.6. The van der Waals surface area contributed by atoms with E-state index in [2.05, 4.69) is 95.1 Å². The molecule has 0 spiro atoms. The normalized spacial score (nSPS) is 12.5. The number of para-hydroxylation sites is 3. The van der Waals surface area contributed by atoms with Crippen molar-refractivity contribution >= 4 is 33.9 Å². The molecule has 6 rings (SSSR count). The third kappa shape index (κ3) is 5.30. The van der Waals surface area contributed by atoms with Crippen molar-refractivity contribution in [3.63, 3.8) is 0 Å². The number of nitrogens with zero attached hydrogens (tertiary/aromatic N) is 3. The van der Waals surface area contributed by atoms with Crippen LogP contribution in [0, 0.1) is 0 Å². The predicted molar refractivity (Wildman–Crippen MR) is 171 cm³/mol. The van der Waals surface area contributed by atoms with E-state index >= 15 is 0 Å². The minimum Gasteiger partial charge on any atom is -0.436 e. The molecular weight excluding hydrogens is 502 g/mol. The number of aromatic nitrogens is 2. The molecule has 0 saturated heterocycles. The number of rotatable bonds is 4. The van der Waals surface area contributed by atoms with Crippen LogP contribution in [0.5, 0.6) is 0 Å². The third-order valence-electron chi connectivity index (χ3n) is 7.52. The fraction of sp³-hybridized carbons (Fsp3) is 0.216. The van der Waals surface area contributed by atoms with Crippen LogP contribution in [0.4, 0.5) is 5.69 Å². The van der Waals surface area contributed by atoms with Crippen LogP contribution >= 0.6 is 0 Å². The van der Waals surface area contributed by atoms with Gasteiger partial charge in [-0.15, -0.1) is 0 Å². The maximum Gasteiger partial charge on any atom is 0.229 e. The summed E-state index contributed by atoms with van der Waals surface area (Å²) >= 11 is 0. The zero-order valence-electron chi connectivity index (χ0n) is 24.6. The van der Waals surface area contributed by atoms with Crippen molar-refractivity contribution in [1.82, 2.24) is 9.97 Å². The molecule has 0 unspecified atom stereocenters. The summed E-state index contributed by atoms with van der Waals surface area (Å²) < 4.78 is 6.34. The van der Waals surface area contributed by atoms with Crippen LogP contribution in [0.2, 0.25) is 0 Å². The highest BCUT2D eigenvalue weighted by Gasteiger charge is 2.21. The van der Waals surface area contributed by atoms with Gasteiger partial charge in [0.25, 0.3) is 0 Å². The van der Waals surface area contributed by atoms with E-state index in [-0.39, 0.29) is 10.8 Å². The van der Waals surface area contributed by atoms with Crippen molar-refractivity contribution in [3.8, 4) is 22.6 Å².